The topological polar surface area (TPSA) is 116 Å². The maximum Gasteiger partial charge on any atom is 0.307 e. The molecule has 1 fully saturated rings. The van der Waals surface area contributed by atoms with Crippen molar-refractivity contribution < 1.29 is 23.9 Å². The molecule has 0 aromatic carbocycles. The van der Waals surface area contributed by atoms with E-state index >= 15 is 0 Å². The number of unbranched alkanes of at least 4 members (excludes halogenated alkanes) is 1. The minimum absolute atomic E-state index is 0.0338. The van der Waals surface area contributed by atoms with E-state index in [1.54, 1.807) is 0 Å². The van der Waals surface area contributed by atoms with E-state index in [0.717, 1.165) is 25.0 Å². The third-order valence-electron chi connectivity index (χ3n) is 4.00. The molecule has 0 spiro atoms. The summed E-state index contributed by atoms with van der Waals surface area (Å²) in [7, 11) is 5.82. The number of esters is 1. The number of ether oxygens (including phenoxy) is 1. The fourth-order valence-corrected chi connectivity index (χ4v) is 4.27. The number of thioether (sulfide) groups is 1. The number of hydrogen-bond acceptors (Lipinski definition) is 6. The highest BCUT2D eigenvalue weighted by Crippen LogP contribution is 2.29. The summed E-state index contributed by atoms with van der Waals surface area (Å²) in [5.74, 6) is -0.380. The highest BCUT2D eigenvalue weighted by Gasteiger charge is 2.31. The molecule has 1 rings (SSSR count). The van der Waals surface area contributed by atoms with Crippen molar-refractivity contribution in [3.63, 3.8) is 0 Å². The fourth-order valence-electron chi connectivity index (χ4n) is 2.82. The van der Waals surface area contributed by atoms with Crippen molar-refractivity contribution in [2.24, 2.45) is 11.5 Å². The molecule has 5 N–H and O–H groups in total. The maximum atomic E-state index is 12.0. The van der Waals surface area contributed by atoms with Gasteiger partial charge in [0.15, 0.2) is 6.10 Å². The zero-order valence-corrected chi connectivity index (χ0v) is 15.8. The molecule has 1 aliphatic rings. The lowest BCUT2D eigenvalue weighted by Crippen LogP contribution is -2.43. The molecule has 1 aliphatic heterocycles. The Morgan fingerprint density at radius 1 is 1.29 bits per heavy atom. The first-order chi connectivity index (χ1) is 11.1. The number of likely N-dealkylation sites (N-methyl/N-ethyl adjacent to an activating group) is 1. The van der Waals surface area contributed by atoms with E-state index in [9.17, 15) is 9.59 Å². The Morgan fingerprint density at radius 3 is 2.46 bits per heavy atom. The third kappa shape index (κ3) is 8.32. The summed E-state index contributed by atoms with van der Waals surface area (Å²) < 4.78 is 5.91. The van der Waals surface area contributed by atoms with Crippen LogP contribution < -0.4 is 11.5 Å². The van der Waals surface area contributed by atoms with E-state index in [4.69, 9.17) is 21.3 Å². The molecule has 1 unspecified atom stereocenters. The SMILES string of the molecule is C[N+](C)(C)CC(CC(=O)O)OC(=O)CCCC[C@@H]1SC[C@H](N)[C@@H]1N. The van der Waals surface area contributed by atoms with Gasteiger partial charge in [0.05, 0.1) is 27.6 Å². The number of rotatable bonds is 10. The van der Waals surface area contributed by atoms with E-state index in [1.165, 1.54) is 0 Å². The normalized spacial score (nSPS) is 25.5. The lowest BCUT2D eigenvalue weighted by molar-refractivity contribution is -0.873. The molecule has 0 radical (unpaired) electrons. The average molecular weight is 363 g/mol. The smallest absolute Gasteiger partial charge is 0.307 e. The molecule has 0 saturated carbocycles. The first kappa shape index (κ1) is 21.2. The monoisotopic (exact) mass is 362 g/mol. The van der Waals surface area contributed by atoms with Crippen molar-refractivity contribution in [3.05, 3.63) is 0 Å². The Kier molecular flexibility index (Phi) is 8.49. The minimum atomic E-state index is -0.954. The number of carboxylic acid groups (broad SMARTS) is 1. The molecule has 1 heterocycles. The Hall–Kier alpha value is -0.830. The Labute approximate surface area is 148 Å². The Bertz CT molecular complexity index is 428. The lowest BCUT2D eigenvalue weighted by atomic mass is 10.0. The van der Waals surface area contributed by atoms with Crippen LogP contribution in [0.2, 0.25) is 0 Å². The quantitative estimate of drug-likeness (QED) is 0.293. The van der Waals surface area contributed by atoms with Crippen LogP contribution in [0.4, 0.5) is 0 Å². The number of nitrogens with zero attached hydrogens (tertiary/aromatic N) is 1. The standard InChI is InChI=1S/C16H31N3O4S/c1-19(2,3)9-11(8-14(20)21)23-15(22)7-5-4-6-13-16(18)12(17)10-24-13/h11-13,16H,4-10,17-18H2,1-3H3/p+1/t11?,12-,13-,16-/m0/s1. The first-order valence-electron chi connectivity index (χ1n) is 8.43. The maximum absolute atomic E-state index is 12.0. The van der Waals surface area contributed by atoms with Gasteiger partial charge in [-0.2, -0.15) is 11.8 Å². The van der Waals surface area contributed by atoms with Gasteiger partial charge in [-0.1, -0.05) is 6.42 Å². The van der Waals surface area contributed by atoms with Gasteiger partial charge < -0.3 is 25.8 Å². The molecule has 0 aromatic rings. The second-order valence-corrected chi connectivity index (χ2v) is 8.81. The Balaban J connectivity index is 2.28. The summed E-state index contributed by atoms with van der Waals surface area (Å²) in [6.45, 7) is 0.476. The van der Waals surface area contributed by atoms with Gasteiger partial charge in [-0.25, -0.2) is 0 Å². The van der Waals surface area contributed by atoms with Gasteiger partial charge in [0.1, 0.15) is 6.54 Å². The second kappa shape index (κ2) is 9.60. The fraction of sp³-hybridized carbons (Fsp3) is 0.875. The van der Waals surface area contributed by atoms with E-state index in [2.05, 4.69) is 0 Å². The van der Waals surface area contributed by atoms with Crippen LogP contribution in [0, 0.1) is 0 Å². The van der Waals surface area contributed by atoms with Crippen LogP contribution in [0.5, 0.6) is 0 Å². The summed E-state index contributed by atoms with van der Waals surface area (Å²) in [5.41, 5.74) is 11.9. The van der Waals surface area contributed by atoms with Crippen LogP contribution in [-0.2, 0) is 14.3 Å². The number of nitrogens with two attached hydrogens (primary N) is 2. The second-order valence-electron chi connectivity index (χ2n) is 7.54. The van der Waals surface area contributed by atoms with Gasteiger partial charge in [0.25, 0.3) is 0 Å². The van der Waals surface area contributed by atoms with Gasteiger partial charge in [0, 0.05) is 29.5 Å². The highest BCUT2D eigenvalue weighted by atomic mass is 32.2. The summed E-state index contributed by atoms with van der Waals surface area (Å²) in [5, 5.41) is 9.32. The number of carboxylic acids is 1. The van der Waals surface area contributed by atoms with Crippen molar-refractivity contribution in [2.45, 2.75) is 55.5 Å². The van der Waals surface area contributed by atoms with Crippen LogP contribution in [-0.4, -0.2) is 78.4 Å². The van der Waals surface area contributed by atoms with E-state index in [0.29, 0.717) is 22.7 Å². The number of carbonyl (C=O) groups is 2. The molecule has 8 heteroatoms. The molecule has 4 atom stereocenters. The van der Waals surface area contributed by atoms with Crippen molar-refractivity contribution >= 4 is 23.7 Å². The molecule has 0 aromatic heterocycles. The van der Waals surface area contributed by atoms with Crippen LogP contribution in [0.15, 0.2) is 0 Å². The number of hydrogen-bond donors (Lipinski definition) is 3. The van der Waals surface area contributed by atoms with E-state index in [-0.39, 0.29) is 24.5 Å². The molecule has 24 heavy (non-hydrogen) atoms. The van der Waals surface area contributed by atoms with Crippen LogP contribution >= 0.6 is 11.8 Å². The highest BCUT2D eigenvalue weighted by molar-refractivity contribution is 8.00. The summed E-state index contributed by atoms with van der Waals surface area (Å²) in [6, 6.07) is 0.101. The lowest BCUT2D eigenvalue weighted by Gasteiger charge is -2.28. The Morgan fingerprint density at radius 2 is 1.96 bits per heavy atom. The number of quaternary nitrogens is 1. The third-order valence-corrected chi connectivity index (χ3v) is 5.55. The molecular weight excluding hydrogens is 330 g/mol. The predicted octanol–water partition coefficient (Wildman–Crippen LogP) is 0.410. The molecule has 0 aliphatic carbocycles. The summed E-state index contributed by atoms with van der Waals surface area (Å²) in [4.78, 5) is 22.9. The largest absolute Gasteiger partial charge is 0.481 e. The van der Waals surface area contributed by atoms with Gasteiger partial charge in [-0.3, -0.25) is 9.59 Å². The first-order valence-corrected chi connectivity index (χ1v) is 9.48. The average Bonchev–Trinajstić information content (AvgIpc) is 2.72. The predicted molar refractivity (Wildman–Crippen MR) is 95.7 cm³/mol. The molecular formula is C16H32N3O4S+. The van der Waals surface area contributed by atoms with Crippen molar-refractivity contribution in [1.29, 1.82) is 0 Å². The van der Waals surface area contributed by atoms with Gasteiger partial charge >= 0.3 is 11.9 Å². The zero-order chi connectivity index (χ0) is 18.3. The minimum Gasteiger partial charge on any atom is -0.481 e. The van der Waals surface area contributed by atoms with Gasteiger partial charge in [0.2, 0.25) is 0 Å². The van der Waals surface area contributed by atoms with Crippen molar-refractivity contribution in [1.82, 2.24) is 0 Å². The van der Waals surface area contributed by atoms with Crippen LogP contribution in [0.3, 0.4) is 0 Å². The van der Waals surface area contributed by atoms with Crippen molar-refractivity contribution in [3.8, 4) is 0 Å². The zero-order valence-electron chi connectivity index (χ0n) is 14.9. The number of carbonyl (C=O) groups excluding carboxylic acids is 1. The van der Waals surface area contributed by atoms with Gasteiger partial charge in [-0.05, 0) is 12.8 Å². The summed E-state index contributed by atoms with van der Waals surface area (Å²) >= 11 is 1.81. The molecule has 7 nitrogen and oxygen atoms in total. The molecule has 140 valence electrons. The van der Waals surface area contributed by atoms with Crippen LogP contribution in [0.25, 0.3) is 0 Å². The van der Waals surface area contributed by atoms with Crippen LogP contribution in [0.1, 0.15) is 32.1 Å². The van der Waals surface area contributed by atoms with Gasteiger partial charge in [-0.15, -0.1) is 0 Å². The summed E-state index contributed by atoms with van der Waals surface area (Å²) in [6.07, 6.45) is 2.13. The molecule has 0 bridgehead atoms. The molecule has 1 saturated heterocycles. The van der Waals surface area contributed by atoms with E-state index < -0.39 is 12.1 Å². The number of aliphatic carboxylic acids is 1. The molecule has 0 amide bonds. The van der Waals surface area contributed by atoms with Crippen molar-refractivity contribution in [2.75, 3.05) is 33.4 Å². The van der Waals surface area contributed by atoms with E-state index in [1.807, 2.05) is 32.9 Å².